The van der Waals surface area contributed by atoms with Gasteiger partial charge in [-0.2, -0.15) is 13.2 Å². The summed E-state index contributed by atoms with van der Waals surface area (Å²) < 4.78 is 142. The molecule has 47 heavy (non-hydrogen) atoms. The third-order valence-electron chi connectivity index (χ3n) is 6.62. The van der Waals surface area contributed by atoms with Gasteiger partial charge in [-0.05, 0) is 71.3 Å². The van der Waals surface area contributed by atoms with Crippen LogP contribution >= 0.6 is 0 Å². The molecule has 2 N–H and O–H groups in total. The number of ether oxygens (including phenoxy) is 2. The van der Waals surface area contributed by atoms with Gasteiger partial charge in [-0.25, -0.2) is 9.18 Å². The highest BCUT2D eigenvalue weighted by atomic mass is 19.4. The lowest BCUT2D eigenvalue weighted by atomic mass is 9.77. The van der Waals surface area contributed by atoms with Gasteiger partial charge >= 0.3 is 24.9 Å². The molecule has 0 heterocycles. The van der Waals surface area contributed by atoms with Gasteiger partial charge in [0.15, 0.2) is 0 Å². The standard InChI is InChI=1S/C31H19F10NO5/c32-25-11-10-18(13-24(25)29(33,34)35)26(43)42-28(16-17-4-1-5-19(12-17)27(44)45,20-6-2-8-22(14-20)46-30(36,37)38)21-7-3-9-23(15-21)47-31(39,40)41/h1-15H,16H2,(H,42,43)(H,44,45). The number of alkyl halides is 9. The minimum absolute atomic E-state index is 0.0598. The lowest BCUT2D eigenvalue weighted by Crippen LogP contribution is -2.48. The summed E-state index contributed by atoms with van der Waals surface area (Å²) >= 11 is 0. The number of hydrogen-bond acceptors (Lipinski definition) is 4. The first kappa shape index (κ1) is 34.6. The van der Waals surface area contributed by atoms with Crippen molar-refractivity contribution in [2.24, 2.45) is 0 Å². The van der Waals surface area contributed by atoms with Crippen LogP contribution in [0.2, 0.25) is 0 Å². The highest BCUT2D eigenvalue weighted by molar-refractivity contribution is 5.95. The lowest BCUT2D eigenvalue weighted by molar-refractivity contribution is -0.275. The second-order valence-electron chi connectivity index (χ2n) is 9.89. The molecule has 0 aliphatic rings. The van der Waals surface area contributed by atoms with Crippen LogP contribution in [-0.4, -0.2) is 29.7 Å². The molecule has 4 aromatic carbocycles. The van der Waals surface area contributed by atoms with E-state index in [4.69, 9.17) is 0 Å². The minimum Gasteiger partial charge on any atom is -0.478 e. The topological polar surface area (TPSA) is 84.9 Å². The van der Waals surface area contributed by atoms with Crippen LogP contribution in [0.1, 0.15) is 43.0 Å². The maximum absolute atomic E-state index is 14.0. The fraction of sp³-hybridized carbons (Fsp3) is 0.161. The first-order chi connectivity index (χ1) is 21.8. The highest BCUT2D eigenvalue weighted by Gasteiger charge is 2.41. The van der Waals surface area contributed by atoms with Crippen LogP contribution < -0.4 is 14.8 Å². The van der Waals surface area contributed by atoms with Crippen LogP contribution in [0, 0.1) is 5.82 Å². The Morgan fingerprint density at radius 1 is 0.660 bits per heavy atom. The molecule has 0 saturated heterocycles. The van der Waals surface area contributed by atoms with Crippen LogP contribution in [0.15, 0.2) is 91.0 Å². The number of hydrogen-bond donors (Lipinski definition) is 2. The van der Waals surface area contributed by atoms with E-state index in [2.05, 4.69) is 14.8 Å². The van der Waals surface area contributed by atoms with E-state index in [9.17, 15) is 58.6 Å². The third kappa shape index (κ3) is 8.71. The first-order valence-electron chi connectivity index (χ1n) is 13.0. The number of benzene rings is 4. The van der Waals surface area contributed by atoms with Crippen LogP contribution in [-0.2, 0) is 18.1 Å². The smallest absolute Gasteiger partial charge is 0.478 e. The van der Waals surface area contributed by atoms with Crippen molar-refractivity contribution in [3.05, 3.63) is 130 Å². The number of rotatable bonds is 9. The molecule has 0 bridgehead atoms. The van der Waals surface area contributed by atoms with Gasteiger partial charge < -0.3 is 19.9 Å². The van der Waals surface area contributed by atoms with E-state index < -0.39 is 71.2 Å². The van der Waals surface area contributed by atoms with Gasteiger partial charge in [0.2, 0.25) is 0 Å². The number of carbonyl (C=O) groups is 2. The average molecular weight is 675 g/mol. The van der Waals surface area contributed by atoms with Gasteiger partial charge in [0, 0.05) is 12.0 Å². The zero-order valence-corrected chi connectivity index (χ0v) is 23.2. The van der Waals surface area contributed by atoms with Gasteiger partial charge in [-0.3, -0.25) is 4.79 Å². The number of halogens is 10. The number of carbonyl (C=O) groups excluding carboxylic acids is 1. The number of aromatic carboxylic acids is 1. The number of carboxylic acids is 1. The van der Waals surface area contributed by atoms with Gasteiger partial charge in [0.25, 0.3) is 5.91 Å². The predicted octanol–water partition coefficient (Wildman–Crippen LogP) is 8.26. The quantitative estimate of drug-likeness (QED) is 0.175. The maximum Gasteiger partial charge on any atom is 0.573 e. The Labute approximate surface area is 258 Å². The van der Waals surface area contributed by atoms with E-state index in [-0.39, 0.29) is 28.3 Å². The summed E-state index contributed by atoms with van der Waals surface area (Å²) in [6.45, 7) is 0. The Morgan fingerprint density at radius 3 is 1.68 bits per heavy atom. The lowest BCUT2D eigenvalue weighted by Gasteiger charge is -2.37. The number of nitrogens with one attached hydrogen (secondary N) is 1. The van der Waals surface area contributed by atoms with Crippen molar-refractivity contribution < 1.29 is 68.1 Å². The van der Waals surface area contributed by atoms with Crippen molar-refractivity contribution in [2.75, 3.05) is 0 Å². The molecule has 0 unspecified atom stereocenters. The molecule has 0 saturated carbocycles. The molecule has 4 aromatic rings. The van der Waals surface area contributed by atoms with Crippen molar-refractivity contribution in [3.63, 3.8) is 0 Å². The van der Waals surface area contributed by atoms with E-state index in [1.165, 1.54) is 18.2 Å². The maximum atomic E-state index is 14.0. The molecular weight excluding hydrogens is 656 g/mol. The summed E-state index contributed by atoms with van der Waals surface area (Å²) in [5, 5.41) is 11.9. The van der Waals surface area contributed by atoms with Crippen molar-refractivity contribution >= 4 is 11.9 Å². The van der Waals surface area contributed by atoms with Gasteiger partial charge in [0.05, 0.1) is 16.7 Å². The van der Waals surface area contributed by atoms with Crippen LogP contribution in [0.3, 0.4) is 0 Å². The molecule has 0 radical (unpaired) electrons. The molecule has 0 aromatic heterocycles. The molecule has 0 atom stereocenters. The third-order valence-corrected chi connectivity index (χ3v) is 6.62. The summed E-state index contributed by atoms with van der Waals surface area (Å²) in [5.74, 6) is -6.20. The predicted molar refractivity (Wildman–Crippen MR) is 143 cm³/mol. The molecule has 16 heteroatoms. The SMILES string of the molecule is O=C(O)c1cccc(CC(NC(=O)c2ccc(F)c(C(F)(F)F)c2)(c2cccc(OC(F)(F)F)c2)c2cccc(OC(F)(F)F)c2)c1. The summed E-state index contributed by atoms with van der Waals surface area (Å²) in [7, 11) is 0. The molecule has 0 aliphatic carbocycles. The second-order valence-corrected chi connectivity index (χ2v) is 9.89. The fourth-order valence-electron chi connectivity index (χ4n) is 4.75. The van der Waals surface area contributed by atoms with Crippen molar-refractivity contribution in [3.8, 4) is 11.5 Å². The highest BCUT2D eigenvalue weighted by Crippen LogP contribution is 2.39. The minimum atomic E-state index is -5.25. The van der Waals surface area contributed by atoms with E-state index in [0.717, 1.165) is 54.6 Å². The zero-order chi connectivity index (χ0) is 34.8. The molecule has 1 amide bonds. The van der Waals surface area contributed by atoms with Crippen molar-refractivity contribution in [1.82, 2.24) is 5.32 Å². The van der Waals surface area contributed by atoms with E-state index >= 15 is 0 Å². The monoisotopic (exact) mass is 675 g/mol. The molecule has 0 fully saturated rings. The summed E-state index contributed by atoms with van der Waals surface area (Å²) in [6, 6.07) is 13.8. The summed E-state index contributed by atoms with van der Waals surface area (Å²) in [5.41, 5.74) is -5.70. The second kappa shape index (κ2) is 12.8. The van der Waals surface area contributed by atoms with Crippen LogP contribution in [0.4, 0.5) is 43.9 Å². The zero-order valence-electron chi connectivity index (χ0n) is 23.2. The van der Waals surface area contributed by atoms with Crippen LogP contribution in [0.5, 0.6) is 11.5 Å². The Morgan fingerprint density at radius 2 is 1.19 bits per heavy atom. The van der Waals surface area contributed by atoms with E-state index in [1.54, 1.807) is 0 Å². The fourth-order valence-corrected chi connectivity index (χ4v) is 4.75. The van der Waals surface area contributed by atoms with E-state index in [1.807, 2.05) is 0 Å². The van der Waals surface area contributed by atoms with Gasteiger partial charge in [-0.15, -0.1) is 26.3 Å². The Hall–Kier alpha value is -5.28. The molecule has 0 spiro atoms. The molecular formula is C31H19F10NO5. The Balaban J connectivity index is 2.01. The summed E-state index contributed by atoms with van der Waals surface area (Å²) in [6.07, 6.45) is -16.3. The normalized spacial score (nSPS) is 12.4. The Bertz CT molecular complexity index is 1720. The molecule has 4 rings (SSSR count). The largest absolute Gasteiger partial charge is 0.573 e. The Kier molecular flexibility index (Phi) is 9.45. The number of amides is 1. The van der Waals surface area contributed by atoms with Gasteiger partial charge in [-0.1, -0.05) is 36.4 Å². The van der Waals surface area contributed by atoms with Crippen molar-refractivity contribution in [2.45, 2.75) is 30.9 Å². The molecule has 6 nitrogen and oxygen atoms in total. The molecule has 0 aliphatic heterocycles. The summed E-state index contributed by atoms with van der Waals surface area (Å²) in [4.78, 5) is 25.4. The first-order valence-corrected chi connectivity index (χ1v) is 13.0. The van der Waals surface area contributed by atoms with Crippen LogP contribution in [0.25, 0.3) is 0 Å². The van der Waals surface area contributed by atoms with E-state index in [0.29, 0.717) is 12.1 Å². The molecule has 248 valence electrons. The number of carboxylic acid groups (broad SMARTS) is 1. The van der Waals surface area contributed by atoms with Gasteiger partial charge in [0.1, 0.15) is 17.3 Å². The van der Waals surface area contributed by atoms with Crippen molar-refractivity contribution in [1.29, 1.82) is 0 Å². The average Bonchev–Trinajstić information content (AvgIpc) is 2.95.